The van der Waals surface area contributed by atoms with E-state index in [1.807, 2.05) is 0 Å². The van der Waals surface area contributed by atoms with Crippen LogP contribution in [0.2, 0.25) is 4.34 Å². The number of nitro groups is 1. The molecule has 0 unspecified atom stereocenters. The standard InChI is InChI=1S/C15H13ClN2O5S/c1-17(2)11-4-3-9(18(21)22)7-10(11)15(20)23-8-12(19)13-5-6-14(16)24-13/h3-7H,8H2,1-2H3. The Morgan fingerprint density at radius 2 is 2.00 bits per heavy atom. The van der Waals surface area contributed by atoms with E-state index in [1.54, 1.807) is 31.1 Å². The molecule has 0 saturated carbocycles. The van der Waals surface area contributed by atoms with Crippen molar-refractivity contribution >= 4 is 46.1 Å². The minimum absolute atomic E-state index is 0.0196. The molecular formula is C15H13ClN2O5S. The third-order valence-electron chi connectivity index (χ3n) is 3.08. The van der Waals surface area contributed by atoms with Crippen LogP contribution in [-0.2, 0) is 4.74 Å². The summed E-state index contributed by atoms with van der Waals surface area (Å²) in [5.41, 5.74) is 0.243. The number of ether oxygens (including phenoxy) is 1. The largest absolute Gasteiger partial charge is 0.454 e. The number of Topliss-reactive ketones (excluding diaryl/α,β-unsaturated/α-hetero) is 1. The predicted molar refractivity (Wildman–Crippen MR) is 91.4 cm³/mol. The van der Waals surface area contributed by atoms with Crippen molar-refractivity contribution in [2.45, 2.75) is 0 Å². The summed E-state index contributed by atoms with van der Waals surface area (Å²) >= 11 is 6.84. The highest BCUT2D eigenvalue weighted by molar-refractivity contribution is 7.18. The predicted octanol–water partition coefficient (Wildman–Crippen LogP) is 3.42. The minimum atomic E-state index is -0.807. The molecule has 1 heterocycles. The lowest BCUT2D eigenvalue weighted by Crippen LogP contribution is -2.18. The van der Waals surface area contributed by atoms with Crippen molar-refractivity contribution in [3.05, 3.63) is 55.2 Å². The number of carbonyl (C=O) groups excluding carboxylic acids is 2. The molecule has 0 spiro atoms. The van der Waals surface area contributed by atoms with Crippen LogP contribution >= 0.6 is 22.9 Å². The molecule has 0 bridgehead atoms. The molecule has 1 aromatic carbocycles. The second kappa shape index (κ2) is 7.41. The van der Waals surface area contributed by atoms with Gasteiger partial charge in [-0.05, 0) is 18.2 Å². The van der Waals surface area contributed by atoms with E-state index in [4.69, 9.17) is 16.3 Å². The highest BCUT2D eigenvalue weighted by Gasteiger charge is 2.20. The van der Waals surface area contributed by atoms with Crippen molar-refractivity contribution in [1.82, 2.24) is 0 Å². The van der Waals surface area contributed by atoms with Gasteiger partial charge in [-0.25, -0.2) is 4.79 Å². The first-order valence-corrected chi connectivity index (χ1v) is 7.90. The zero-order valence-corrected chi connectivity index (χ0v) is 14.4. The number of esters is 1. The Kier molecular flexibility index (Phi) is 5.53. The molecule has 2 aromatic rings. The monoisotopic (exact) mass is 368 g/mol. The maximum Gasteiger partial charge on any atom is 0.340 e. The molecule has 0 aliphatic carbocycles. The third kappa shape index (κ3) is 4.09. The summed E-state index contributed by atoms with van der Waals surface area (Å²) in [5.74, 6) is -1.20. The highest BCUT2D eigenvalue weighted by Crippen LogP contribution is 2.25. The van der Waals surface area contributed by atoms with Gasteiger partial charge >= 0.3 is 5.97 Å². The minimum Gasteiger partial charge on any atom is -0.454 e. The maximum atomic E-state index is 12.2. The molecule has 2 rings (SSSR count). The fraction of sp³-hybridized carbons (Fsp3) is 0.200. The average molecular weight is 369 g/mol. The lowest BCUT2D eigenvalue weighted by Gasteiger charge is -2.16. The average Bonchev–Trinajstić information content (AvgIpc) is 2.98. The fourth-order valence-corrected chi connectivity index (χ4v) is 2.90. The number of halogens is 1. The molecule has 0 saturated heterocycles. The van der Waals surface area contributed by atoms with Gasteiger partial charge in [0.15, 0.2) is 6.61 Å². The molecule has 0 atom stereocenters. The van der Waals surface area contributed by atoms with E-state index >= 15 is 0 Å². The third-order valence-corrected chi connectivity index (χ3v) is 4.35. The Morgan fingerprint density at radius 1 is 1.29 bits per heavy atom. The van der Waals surface area contributed by atoms with Crippen molar-refractivity contribution in [3.63, 3.8) is 0 Å². The summed E-state index contributed by atoms with van der Waals surface area (Å²) < 4.78 is 5.46. The number of nitro benzene ring substituents is 1. The number of nitrogens with zero attached hydrogens (tertiary/aromatic N) is 2. The number of benzene rings is 1. The van der Waals surface area contributed by atoms with Gasteiger partial charge in [-0.3, -0.25) is 14.9 Å². The van der Waals surface area contributed by atoms with Crippen molar-refractivity contribution in [2.75, 3.05) is 25.6 Å². The first-order chi connectivity index (χ1) is 11.3. The van der Waals surface area contributed by atoms with E-state index in [-0.39, 0.29) is 11.3 Å². The van der Waals surface area contributed by atoms with Crippen molar-refractivity contribution in [2.24, 2.45) is 0 Å². The molecule has 7 nitrogen and oxygen atoms in total. The molecule has 0 aliphatic heterocycles. The Bertz CT molecular complexity index is 803. The molecule has 0 amide bonds. The first-order valence-electron chi connectivity index (χ1n) is 6.71. The first kappa shape index (κ1) is 17.9. The van der Waals surface area contributed by atoms with Gasteiger partial charge in [0.2, 0.25) is 5.78 Å². The highest BCUT2D eigenvalue weighted by atomic mass is 35.5. The van der Waals surface area contributed by atoms with Gasteiger partial charge < -0.3 is 9.64 Å². The van der Waals surface area contributed by atoms with Crippen LogP contribution in [-0.4, -0.2) is 37.4 Å². The van der Waals surface area contributed by atoms with E-state index in [1.165, 1.54) is 12.1 Å². The van der Waals surface area contributed by atoms with E-state index in [0.717, 1.165) is 17.4 Å². The summed E-state index contributed by atoms with van der Waals surface area (Å²) in [5, 5.41) is 10.9. The Morgan fingerprint density at radius 3 is 2.54 bits per heavy atom. The summed E-state index contributed by atoms with van der Waals surface area (Å²) in [6.45, 7) is -0.467. The normalized spacial score (nSPS) is 10.3. The van der Waals surface area contributed by atoms with Crippen molar-refractivity contribution in [1.29, 1.82) is 0 Å². The number of hydrogen-bond acceptors (Lipinski definition) is 7. The second-order valence-electron chi connectivity index (χ2n) is 4.96. The second-order valence-corrected chi connectivity index (χ2v) is 6.67. The number of rotatable bonds is 6. The van der Waals surface area contributed by atoms with Crippen LogP contribution in [0.25, 0.3) is 0 Å². The molecule has 1 aromatic heterocycles. The number of ketones is 1. The van der Waals surface area contributed by atoms with Crippen LogP contribution in [0.3, 0.4) is 0 Å². The SMILES string of the molecule is CN(C)c1ccc([N+](=O)[O-])cc1C(=O)OCC(=O)c1ccc(Cl)s1. The molecule has 126 valence electrons. The lowest BCUT2D eigenvalue weighted by atomic mass is 10.1. The molecule has 0 radical (unpaired) electrons. The molecule has 0 aliphatic rings. The number of hydrogen-bond donors (Lipinski definition) is 0. The fourth-order valence-electron chi connectivity index (χ4n) is 1.94. The summed E-state index contributed by atoms with van der Waals surface area (Å²) in [7, 11) is 3.38. The molecule has 0 N–H and O–H groups in total. The maximum absolute atomic E-state index is 12.2. The van der Waals surface area contributed by atoms with Crippen LogP contribution in [0.5, 0.6) is 0 Å². The summed E-state index contributed by atoms with van der Waals surface area (Å²) in [4.78, 5) is 36.5. The molecule has 24 heavy (non-hydrogen) atoms. The van der Waals surface area contributed by atoms with Gasteiger partial charge in [-0.2, -0.15) is 0 Å². The van der Waals surface area contributed by atoms with Crippen LogP contribution in [0.15, 0.2) is 30.3 Å². The van der Waals surface area contributed by atoms with Gasteiger partial charge in [0.1, 0.15) is 0 Å². The number of anilines is 1. The van der Waals surface area contributed by atoms with E-state index in [9.17, 15) is 19.7 Å². The van der Waals surface area contributed by atoms with E-state index < -0.39 is 23.3 Å². The number of carbonyl (C=O) groups is 2. The van der Waals surface area contributed by atoms with Crippen LogP contribution in [0.1, 0.15) is 20.0 Å². The zero-order valence-electron chi connectivity index (χ0n) is 12.8. The van der Waals surface area contributed by atoms with Gasteiger partial charge in [0.25, 0.3) is 5.69 Å². The lowest BCUT2D eigenvalue weighted by molar-refractivity contribution is -0.384. The van der Waals surface area contributed by atoms with Gasteiger partial charge in [-0.1, -0.05) is 11.6 Å². The van der Waals surface area contributed by atoms with Gasteiger partial charge in [0.05, 0.1) is 25.4 Å². The van der Waals surface area contributed by atoms with Crippen LogP contribution in [0.4, 0.5) is 11.4 Å². The summed E-state index contributed by atoms with van der Waals surface area (Å²) in [6.07, 6.45) is 0. The number of non-ortho nitro benzene ring substituents is 1. The quantitative estimate of drug-likeness (QED) is 0.336. The van der Waals surface area contributed by atoms with Gasteiger partial charge in [-0.15, -0.1) is 11.3 Å². The number of thiophene rings is 1. The van der Waals surface area contributed by atoms with Crippen LogP contribution in [0, 0.1) is 10.1 Å². The van der Waals surface area contributed by atoms with Crippen molar-refractivity contribution < 1.29 is 19.2 Å². The van der Waals surface area contributed by atoms with Gasteiger partial charge in [0, 0.05) is 26.2 Å². The molecular weight excluding hydrogens is 356 g/mol. The molecule has 0 fully saturated rings. The zero-order chi connectivity index (χ0) is 17.9. The topological polar surface area (TPSA) is 89.8 Å². The van der Waals surface area contributed by atoms with Crippen molar-refractivity contribution in [3.8, 4) is 0 Å². The molecule has 9 heteroatoms. The summed E-state index contributed by atoms with van der Waals surface area (Å²) in [6, 6.07) is 7.00. The Balaban J connectivity index is 2.17. The van der Waals surface area contributed by atoms with E-state index in [0.29, 0.717) is 14.9 Å². The van der Waals surface area contributed by atoms with Crippen LogP contribution < -0.4 is 4.90 Å². The smallest absolute Gasteiger partial charge is 0.340 e. The van der Waals surface area contributed by atoms with E-state index in [2.05, 4.69) is 0 Å². The Labute approximate surface area is 146 Å². The Hall–Kier alpha value is -2.45.